The average molecular weight is 458 g/mol. The molecular formula is C24H24ClNO6. The number of nitrogens with one attached hydrogen (secondary N) is 1. The number of rotatable bonds is 9. The molecule has 0 unspecified atom stereocenters. The molecule has 0 radical (unpaired) electrons. The Kier molecular flexibility index (Phi) is 8.27. The lowest BCUT2D eigenvalue weighted by atomic mass is 10.1. The van der Waals surface area contributed by atoms with Gasteiger partial charge in [-0.05, 0) is 30.0 Å². The monoisotopic (exact) mass is 457 g/mol. The van der Waals surface area contributed by atoms with E-state index in [-0.39, 0.29) is 30.3 Å². The van der Waals surface area contributed by atoms with E-state index in [0.717, 1.165) is 22.9 Å². The number of esters is 1. The van der Waals surface area contributed by atoms with Gasteiger partial charge >= 0.3 is 17.7 Å². The van der Waals surface area contributed by atoms with Crippen molar-refractivity contribution in [3.63, 3.8) is 0 Å². The highest BCUT2D eigenvalue weighted by Gasteiger charge is 2.14. The van der Waals surface area contributed by atoms with Crippen molar-refractivity contribution in [1.82, 2.24) is 5.32 Å². The highest BCUT2D eigenvalue weighted by molar-refractivity contribution is 6.33. The minimum atomic E-state index is -0.558. The van der Waals surface area contributed by atoms with Crippen LogP contribution in [0.1, 0.15) is 37.3 Å². The number of alkyl carbamates (subject to hydrolysis) is 1. The van der Waals surface area contributed by atoms with E-state index in [0.29, 0.717) is 18.4 Å². The number of carbonyl (C=O) groups is 2. The zero-order chi connectivity index (χ0) is 22.9. The number of fused-ring (bicyclic) bond motifs is 1. The van der Waals surface area contributed by atoms with E-state index in [1.807, 2.05) is 37.3 Å². The molecule has 0 aliphatic carbocycles. The van der Waals surface area contributed by atoms with Gasteiger partial charge in [0.25, 0.3) is 0 Å². The van der Waals surface area contributed by atoms with E-state index in [2.05, 4.69) is 5.32 Å². The summed E-state index contributed by atoms with van der Waals surface area (Å²) >= 11 is 6.28. The molecule has 32 heavy (non-hydrogen) atoms. The third-order valence-electron chi connectivity index (χ3n) is 4.67. The van der Waals surface area contributed by atoms with Gasteiger partial charge in [-0.3, -0.25) is 4.79 Å². The van der Waals surface area contributed by atoms with Crippen LogP contribution in [0, 0.1) is 0 Å². The first-order valence-corrected chi connectivity index (χ1v) is 10.8. The fourth-order valence-corrected chi connectivity index (χ4v) is 3.36. The second-order valence-electron chi connectivity index (χ2n) is 7.19. The van der Waals surface area contributed by atoms with Crippen LogP contribution < -0.4 is 15.7 Å². The van der Waals surface area contributed by atoms with Crippen molar-refractivity contribution >= 4 is 34.6 Å². The van der Waals surface area contributed by atoms with Crippen molar-refractivity contribution < 1.29 is 23.5 Å². The Bertz CT molecular complexity index is 1140. The van der Waals surface area contributed by atoms with Crippen molar-refractivity contribution in [1.29, 1.82) is 0 Å². The zero-order valence-electron chi connectivity index (χ0n) is 17.7. The van der Waals surface area contributed by atoms with Gasteiger partial charge in [-0.2, -0.15) is 0 Å². The summed E-state index contributed by atoms with van der Waals surface area (Å²) in [5.41, 5.74) is 1.57. The molecule has 0 saturated carbocycles. The standard InChI is InChI=1S/C24H24ClNO6/c1-2-7-17-12-23(28)31-20-14-21(19(25)13-18(17)20)32-22(27)10-6-11-26-24(29)30-15-16-8-4-3-5-9-16/h3-5,8-9,12-14H,2,6-7,10-11,15H2,1H3,(H,26,29). The second-order valence-corrected chi connectivity index (χ2v) is 7.59. The third-order valence-corrected chi connectivity index (χ3v) is 4.96. The van der Waals surface area contributed by atoms with Gasteiger partial charge in [0.1, 0.15) is 12.2 Å². The molecule has 0 aliphatic rings. The van der Waals surface area contributed by atoms with Gasteiger partial charge in [0.15, 0.2) is 5.75 Å². The molecule has 0 spiro atoms. The van der Waals surface area contributed by atoms with Gasteiger partial charge in [-0.1, -0.05) is 55.3 Å². The zero-order valence-corrected chi connectivity index (χ0v) is 18.4. The molecule has 1 amide bonds. The Balaban J connectivity index is 1.48. The fraction of sp³-hybridized carbons (Fsp3) is 0.292. The summed E-state index contributed by atoms with van der Waals surface area (Å²) in [6.45, 7) is 2.44. The van der Waals surface area contributed by atoms with E-state index in [1.54, 1.807) is 6.07 Å². The molecule has 2 aromatic carbocycles. The normalized spacial score (nSPS) is 10.7. The Labute approximate surface area is 190 Å². The number of aryl methyl sites for hydroxylation is 1. The van der Waals surface area contributed by atoms with Crippen LogP contribution in [0.4, 0.5) is 4.79 Å². The van der Waals surface area contributed by atoms with Crippen LogP contribution in [0.5, 0.6) is 5.75 Å². The summed E-state index contributed by atoms with van der Waals surface area (Å²) < 4.78 is 15.7. The molecule has 1 N–H and O–H groups in total. The van der Waals surface area contributed by atoms with Gasteiger partial charge in [-0.15, -0.1) is 0 Å². The summed E-state index contributed by atoms with van der Waals surface area (Å²) in [6.07, 6.45) is 1.43. The van der Waals surface area contributed by atoms with Crippen LogP contribution in [0.15, 0.2) is 57.7 Å². The molecule has 168 valence electrons. The SMILES string of the molecule is CCCc1cc(=O)oc2cc(OC(=O)CCCNC(=O)OCc3ccccc3)c(Cl)cc12. The van der Waals surface area contributed by atoms with Crippen molar-refractivity contribution in [2.75, 3.05) is 6.54 Å². The molecular weight excluding hydrogens is 434 g/mol. The maximum atomic E-state index is 12.2. The first kappa shape index (κ1) is 23.3. The van der Waals surface area contributed by atoms with Crippen LogP contribution in [-0.2, 0) is 22.6 Å². The topological polar surface area (TPSA) is 94.8 Å². The quantitative estimate of drug-likeness (QED) is 0.210. The number of hydrogen-bond acceptors (Lipinski definition) is 6. The van der Waals surface area contributed by atoms with E-state index in [9.17, 15) is 14.4 Å². The number of hydrogen-bond donors (Lipinski definition) is 1. The molecule has 1 heterocycles. The molecule has 1 aromatic heterocycles. The number of halogens is 1. The van der Waals surface area contributed by atoms with Gasteiger partial charge in [0.2, 0.25) is 0 Å². The van der Waals surface area contributed by atoms with E-state index < -0.39 is 17.7 Å². The molecule has 3 aromatic rings. The lowest BCUT2D eigenvalue weighted by Gasteiger charge is -2.10. The molecule has 3 rings (SSSR count). The predicted octanol–water partition coefficient (Wildman–Crippen LogP) is 5.01. The lowest BCUT2D eigenvalue weighted by Crippen LogP contribution is -2.26. The van der Waals surface area contributed by atoms with Crippen LogP contribution in [-0.4, -0.2) is 18.6 Å². The van der Waals surface area contributed by atoms with Crippen molar-refractivity contribution in [2.24, 2.45) is 0 Å². The summed E-state index contributed by atoms with van der Waals surface area (Å²) in [7, 11) is 0. The molecule has 0 fully saturated rings. The van der Waals surface area contributed by atoms with Gasteiger partial charge in [0.05, 0.1) is 5.02 Å². The van der Waals surface area contributed by atoms with Crippen LogP contribution in [0.2, 0.25) is 5.02 Å². The van der Waals surface area contributed by atoms with Crippen LogP contribution >= 0.6 is 11.6 Å². The number of ether oxygens (including phenoxy) is 2. The molecule has 8 heteroatoms. The molecule has 0 aliphatic heterocycles. The van der Waals surface area contributed by atoms with E-state index >= 15 is 0 Å². The van der Waals surface area contributed by atoms with Gasteiger partial charge < -0.3 is 19.2 Å². The molecule has 0 bridgehead atoms. The summed E-state index contributed by atoms with van der Waals surface area (Å²) in [5, 5.41) is 3.55. The summed E-state index contributed by atoms with van der Waals surface area (Å²) in [6, 6.07) is 13.9. The van der Waals surface area contributed by atoms with Gasteiger partial charge in [0, 0.05) is 30.5 Å². The fourth-order valence-electron chi connectivity index (χ4n) is 3.15. The summed E-state index contributed by atoms with van der Waals surface area (Å²) in [4.78, 5) is 35.7. The van der Waals surface area contributed by atoms with Crippen LogP contribution in [0.3, 0.4) is 0 Å². The van der Waals surface area contributed by atoms with Crippen molar-refractivity contribution in [3.8, 4) is 5.75 Å². The minimum absolute atomic E-state index is 0.0627. The first-order valence-electron chi connectivity index (χ1n) is 10.4. The number of benzene rings is 2. The highest BCUT2D eigenvalue weighted by Crippen LogP contribution is 2.31. The number of carbonyl (C=O) groups excluding carboxylic acids is 2. The molecule has 0 saturated heterocycles. The first-order chi connectivity index (χ1) is 15.5. The highest BCUT2D eigenvalue weighted by atomic mass is 35.5. The molecule has 0 atom stereocenters. The Morgan fingerprint density at radius 1 is 1.12 bits per heavy atom. The minimum Gasteiger partial charge on any atom is -0.445 e. The number of amides is 1. The Hall–Kier alpha value is -3.32. The maximum Gasteiger partial charge on any atom is 0.407 e. The average Bonchev–Trinajstić information content (AvgIpc) is 2.77. The molecule has 7 nitrogen and oxygen atoms in total. The van der Waals surface area contributed by atoms with Crippen molar-refractivity contribution in [2.45, 2.75) is 39.2 Å². The predicted molar refractivity (Wildman–Crippen MR) is 121 cm³/mol. The van der Waals surface area contributed by atoms with E-state index in [4.69, 9.17) is 25.5 Å². The van der Waals surface area contributed by atoms with Crippen molar-refractivity contribution in [3.05, 3.63) is 75.1 Å². The second kappa shape index (κ2) is 11.3. The van der Waals surface area contributed by atoms with Crippen LogP contribution in [0.25, 0.3) is 11.0 Å². The van der Waals surface area contributed by atoms with E-state index in [1.165, 1.54) is 12.1 Å². The lowest BCUT2D eigenvalue weighted by molar-refractivity contribution is -0.134. The Morgan fingerprint density at radius 2 is 1.91 bits per heavy atom. The Morgan fingerprint density at radius 3 is 2.66 bits per heavy atom. The van der Waals surface area contributed by atoms with Gasteiger partial charge in [-0.25, -0.2) is 9.59 Å². The summed E-state index contributed by atoms with van der Waals surface area (Å²) in [5.74, 6) is -0.394. The smallest absolute Gasteiger partial charge is 0.407 e. The third kappa shape index (κ3) is 6.59. The largest absolute Gasteiger partial charge is 0.445 e. The maximum absolute atomic E-state index is 12.2.